The minimum absolute atomic E-state index is 0.119. The molecule has 0 heterocycles. The zero-order valence-corrected chi connectivity index (χ0v) is 21.9. The molecule has 0 spiro atoms. The quantitative estimate of drug-likeness (QED) is 0.384. The van der Waals surface area contributed by atoms with Crippen LogP contribution in [0, 0.1) is 26.3 Å². The number of amides is 4. The number of carbonyl (C=O) groups is 4. The van der Waals surface area contributed by atoms with Gasteiger partial charge in [-0.05, 0) is 72.9 Å². The molecule has 2 atom stereocenters. The first-order chi connectivity index (χ1) is 15.9. The van der Waals surface area contributed by atoms with Gasteiger partial charge < -0.3 is 21.1 Å². The first kappa shape index (κ1) is 29.5. The predicted molar refractivity (Wildman–Crippen MR) is 134 cm³/mol. The van der Waals surface area contributed by atoms with Gasteiger partial charge in [0.25, 0.3) is 5.91 Å². The number of benzene rings is 1. The standard InChI is InChI=1S/C26H38N4O5/c1-10-30(23(33)19(13-14-20(27)31)28-24(34)35-26(7,8)9)21(22(32)29-25(4,5)6)18-15-16(2)11-12-17(18)3/h1,11-12,15,19,21H,13-14H2,2-9H3,(H2,27,31)(H,28,34)(H,29,32). The monoisotopic (exact) mass is 486 g/mol. The average Bonchev–Trinajstić information content (AvgIpc) is 2.67. The fourth-order valence-electron chi connectivity index (χ4n) is 3.32. The molecule has 0 aliphatic rings. The van der Waals surface area contributed by atoms with Gasteiger partial charge in [-0.3, -0.25) is 19.3 Å². The van der Waals surface area contributed by atoms with Crippen LogP contribution in [0.25, 0.3) is 0 Å². The fourth-order valence-corrected chi connectivity index (χ4v) is 3.32. The van der Waals surface area contributed by atoms with Gasteiger partial charge in [0, 0.05) is 18.0 Å². The number of hydrogen-bond acceptors (Lipinski definition) is 5. The molecule has 0 aliphatic heterocycles. The first-order valence-corrected chi connectivity index (χ1v) is 11.4. The van der Waals surface area contributed by atoms with Crippen molar-refractivity contribution in [2.75, 3.05) is 0 Å². The van der Waals surface area contributed by atoms with Gasteiger partial charge in [0.05, 0.1) is 0 Å². The molecule has 0 bridgehead atoms. The van der Waals surface area contributed by atoms with Crippen molar-refractivity contribution in [3.05, 3.63) is 34.9 Å². The van der Waals surface area contributed by atoms with Crippen molar-refractivity contribution in [1.82, 2.24) is 15.5 Å². The van der Waals surface area contributed by atoms with Crippen LogP contribution < -0.4 is 16.4 Å². The number of nitrogens with one attached hydrogen (secondary N) is 2. The van der Waals surface area contributed by atoms with Gasteiger partial charge in [-0.2, -0.15) is 0 Å². The zero-order valence-electron chi connectivity index (χ0n) is 21.9. The first-order valence-electron chi connectivity index (χ1n) is 11.4. The molecule has 0 aliphatic carbocycles. The van der Waals surface area contributed by atoms with Gasteiger partial charge in [-0.15, -0.1) is 0 Å². The normalized spacial score (nSPS) is 13.1. The highest BCUT2D eigenvalue weighted by molar-refractivity contribution is 5.94. The number of aryl methyl sites for hydroxylation is 2. The lowest BCUT2D eigenvalue weighted by Gasteiger charge is -2.33. The number of carbonyl (C=O) groups excluding carboxylic acids is 4. The number of ether oxygens (including phenoxy) is 1. The van der Waals surface area contributed by atoms with Crippen molar-refractivity contribution in [1.29, 1.82) is 0 Å². The molecule has 0 aromatic heterocycles. The minimum Gasteiger partial charge on any atom is -0.444 e. The molecule has 1 aromatic rings. The summed E-state index contributed by atoms with van der Waals surface area (Å²) in [5.74, 6) is -1.88. The maximum atomic E-state index is 13.7. The number of rotatable bonds is 8. The lowest BCUT2D eigenvalue weighted by atomic mass is 9.95. The van der Waals surface area contributed by atoms with Crippen LogP contribution in [-0.4, -0.2) is 45.9 Å². The van der Waals surface area contributed by atoms with Crippen molar-refractivity contribution in [2.45, 2.75) is 91.5 Å². The number of terminal acetylenes is 1. The number of nitrogens with two attached hydrogens (primary N) is 1. The Morgan fingerprint density at radius 1 is 1.11 bits per heavy atom. The molecule has 35 heavy (non-hydrogen) atoms. The van der Waals surface area contributed by atoms with Crippen LogP contribution in [0.15, 0.2) is 18.2 Å². The smallest absolute Gasteiger partial charge is 0.408 e. The van der Waals surface area contributed by atoms with Gasteiger partial charge in [0.2, 0.25) is 11.8 Å². The Morgan fingerprint density at radius 2 is 1.71 bits per heavy atom. The molecule has 0 saturated carbocycles. The Kier molecular flexibility index (Phi) is 9.89. The van der Waals surface area contributed by atoms with E-state index in [0.29, 0.717) is 5.56 Å². The van der Waals surface area contributed by atoms with Crippen molar-refractivity contribution in [3.63, 3.8) is 0 Å². The van der Waals surface area contributed by atoms with Crippen LogP contribution in [0.1, 0.15) is 77.1 Å². The van der Waals surface area contributed by atoms with E-state index >= 15 is 0 Å². The molecule has 192 valence electrons. The summed E-state index contributed by atoms with van der Waals surface area (Å²) in [5.41, 5.74) is 6.03. The Bertz CT molecular complexity index is 998. The van der Waals surface area contributed by atoms with Crippen molar-refractivity contribution >= 4 is 23.8 Å². The average molecular weight is 487 g/mol. The predicted octanol–water partition coefficient (Wildman–Crippen LogP) is 2.84. The topological polar surface area (TPSA) is 131 Å². The molecule has 9 nitrogen and oxygen atoms in total. The molecular weight excluding hydrogens is 448 g/mol. The fraction of sp³-hybridized carbons (Fsp3) is 0.538. The van der Waals surface area contributed by atoms with E-state index in [0.717, 1.165) is 16.0 Å². The number of nitrogens with zero attached hydrogens (tertiary/aromatic N) is 1. The van der Waals surface area contributed by atoms with E-state index < -0.39 is 47.0 Å². The summed E-state index contributed by atoms with van der Waals surface area (Å²) in [5, 5.41) is 5.36. The van der Waals surface area contributed by atoms with Crippen molar-refractivity contribution < 1.29 is 23.9 Å². The van der Waals surface area contributed by atoms with E-state index in [1.54, 1.807) is 26.8 Å². The largest absolute Gasteiger partial charge is 0.444 e. The van der Waals surface area contributed by atoms with E-state index in [1.807, 2.05) is 46.8 Å². The summed E-state index contributed by atoms with van der Waals surface area (Å²) in [6.45, 7) is 14.1. The molecule has 1 aromatic carbocycles. The van der Waals surface area contributed by atoms with Crippen LogP contribution in [0.3, 0.4) is 0 Å². The van der Waals surface area contributed by atoms with Crippen molar-refractivity contribution in [3.8, 4) is 12.5 Å². The zero-order chi connectivity index (χ0) is 27.1. The summed E-state index contributed by atoms with van der Waals surface area (Å²) in [6.07, 6.45) is 4.60. The van der Waals surface area contributed by atoms with Crippen LogP contribution >= 0.6 is 0 Å². The number of primary amides is 1. The molecule has 9 heteroatoms. The summed E-state index contributed by atoms with van der Waals surface area (Å²) in [6, 6.07) is 5.41. The van der Waals surface area contributed by atoms with Crippen LogP contribution in [-0.2, 0) is 19.1 Å². The third-order valence-corrected chi connectivity index (χ3v) is 4.78. The highest BCUT2D eigenvalue weighted by Gasteiger charge is 2.37. The van der Waals surface area contributed by atoms with Crippen LogP contribution in [0.2, 0.25) is 0 Å². The number of alkyl carbamates (subject to hydrolysis) is 1. The third kappa shape index (κ3) is 9.69. The SMILES string of the molecule is C#CN(C(=O)C(CCC(N)=O)NC(=O)OC(C)(C)C)C(C(=O)NC(C)(C)C)c1cc(C)ccc1C. The Labute approximate surface area is 208 Å². The summed E-state index contributed by atoms with van der Waals surface area (Å²) < 4.78 is 5.26. The van der Waals surface area contributed by atoms with Crippen LogP contribution in [0.5, 0.6) is 0 Å². The van der Waals surface area contributed by atoms with E-state index in [9.17, 15) is 19.2 Å². The second-order valence-corrected chi connectivity index (χ2v) is 10.5. The Morgan fingerprint density at radius 3 is 2.20 bits per heavy atom. The Balaban J connectivity index is 3.50. The van der Waals surface area contributed by atoms with E-state index in [2.05, 4.69) is 16.7 Å². The summed E-state index contributed by atoms with van der Waals surface area (Å²) in [4.78, 5) is 51.9. The second-order valence-electron chi connectivity index (χ2n) is 10.5. The van der Waals surface area contributed by atoms with Gasteiger partial charge in [-0.25, -0.2) is 4.79 Å². The van der Waals surface area contributed by atoms with Gasteiger partial charge in [-0.1, -0.05) is 30.2 Å². The molecule has 0 saturated heterocycles. The van der Waals surface area contributed by atoms with E-state index in [4.69, 9.17) is 16.9 Å². The maximum absolute atomic E-state index is 13.7. The van der Waals surface area contributed by atoms with E-state index in [1.165, 1.54) is 0 Å². The lowest BCUT2D eigenvalue weighted by molar-refractivity contribution is -0.139. The number of hydrogen-bond donors (Lipinski definition) is 3. The molecule has 0 fully saturated rings. The summed E-state index contributed by atoms with van der Waals surface area (Å²) in [7, 11) is 0. The lowest BCUT2D eigenvalue weighted by Crippen LogP contribution is -2.53. The highest BCUT2D eigenvalue weighted by Crippen LogP contribution is 2.27. The third-order valence-electron chi connectivity index (χ3n) is 4.78. The van der Waals surface area contributed by atoms with E-state index in [-0.39, 0.29) is 12.8 Å². The minimum atomic E-state index is -1.25. The second kappa shape index (κ2) is 11.7. The summed E-state index contributed by atoms with van der Waals surface area (Å²) >= 11 is 0. The maximum Gasteiger partial charge on any atom is 0.408 e. The van der Waals surface area contributed by atoms with Crippen LogP contribution in [0.4, 0.5) is 4.79 Å². The highest BCUT2D eigenvalue weighted by atomic mass is 16.6. The van der Waals surface area contributed by atoms with Gasteiger partial charge >= 0.3 is 6.09 Å². The molecular formula is C26H38N4O5. The molecule has 1 rings (SSSR count). The van der Waals surface area contributed by atoms with Gasteiger partial charge in [0.1, 0.15) is 17.7 Å². The molecule has 2 unspecified atom stereocenters. The Hall–Kier alpha value is -3.54. The molecule has 4 amide bonds. The van der Waals surface area contributed by atoms with Gasteiger partial charge in [0.15, 0.2) is 0 Å². The molecule has 0 radical (unpaired) electrons. The molecule has 4 N–H and O–H groups in total. The van der Waals surface area contributed by atoms with Crippen molar-refractivity contribution in [2.24, 2.45) is 5.73 Å².